The molecule has 0 spiro atoms. The first-order valence-electron chi connectivity index (χ1n) is 6.37. The van der Waals surface area contributed by atoms with Crippen molar-refractivity contribution in [3.8, 4) is 0 Å². The Labute approximate surface area is 107 Å². The van der Waals surface area contributed by atoms with Crippen molar-refractivity contribution in [2.75, 3.05) is 42.3 Å². The van der Waals surface area contributed by atoms with E-state index in [2.05, 4.69) is 58.6 Å². The van der Waals surface area contributed by atoms with E-state index in [0.29, 0.717) is 3.43 Å². The third kappa shape index (κ3) is 1.84. The third-order valence-electron chi connectivity index (χ3n) is 4.57. The van der Waals surface area contributed by atoms with Gasteiger partial charge in [-0.2, -0.15) is 0 Å². The fraction of sp³-hybridized carbons (Fsp3) is 1.00. The van der Waals surface area contributed by atoms with Gasteiger partial charge in [0.15, 0.2) is 0 Å². The zero-order chi connectivity index (χ0) is 12.6. The second kappa shape index (κ2) is 5.12. The Morgan fingerprint density at radius 2 is 1.25 bits per heavy atom. The van der Waals surface area contributed by atoms with Crippen LogP contribution in [0.5, 0.6) is 0 Å². The average molecular weight is 334 g/mol. The quantitative estimate of drug-likeness (QED) is 0.712. The van der Waals surface area contributed by atoms with E-state index in [1.165, 1.54) is 25.7 Å². The summed E-state index contributed by atoms with van der Waals surface area (Å²) < 4.78 is 8.41. The van der Waals surface area contributed by atoms with Crippen LogP contribution in [0.25, 0.3) is 0 Å². The van der Waals surface area contributed by atoms with E-state index < -0.39 is 19.2 Å². The topological polar surface area (TPSA) is 9.72 Å². The number of rotatable bonds is 5. The van der Waals surface area contributed by atoms with Crippen LogP contribution in [-0.4, -0.2) is 70.8 Å². The Morgan fingerprint density at radius 1 is 0.875 bits per heavy atom. The van der Waals surface area contributed by atoms with Gasteiger partial charge in [0.1, 0.15) is 0 Å². The first-order chi connectivity index (χ1) is 7.35. The van der Waals surface area contributed by atoms with Crippen LogP contribution in [0.1, 0.15) is 32.6 Å². The molecule has 0 aliphatic heterocycles. The van der Waals surface area contributed by atoms with Gasteiger partial charge in [-0.3, -0.25) is 0 Å². The molecule has 96 valence electrons. The molecule has 1 aliphatic carbocycles. The van der Waals surface area contributed by atoms with Crippen molar-refractivity contribution in [3.63, 3.8) is 0 Å². The van der Waals surface area contributed by atoms with Crippen molar-refractivity contribution in [1.29, 1.82) is 0 Å². The van der Waals surface area contributed by atoms with Crippen LogP contribution in [0, 0.1) is 0 Å². The molecule has 1 saturated carbocycles. The second-order valence-electron chi connectivity index (χ2n) is 5.81. The van der Waals surface area contributed by atoms with Crippen molar-refractivity contribution < 1.29 is 0 Å². The Morgan fingerprint density at radius 3 is 1.31 bits per heavy atom. The maximum absolute atomic E-state index is 2.59. The zero-order valence-electron chi connectivity index (χ0n) is 12.2. The van der Waals surface area contributed by atoms with Gasteiger partial charge in [0.2, 0.25) is 0 Å². The summed E-state index contributed by atoms with van der Waals surface area (Å²) in [5, 5.41) is 0. The van der Waals surface area contributed by atoms with Crippen molar-refractivity contribution >= 4 is 19.2 Å². The van der Waals surface area contributed by atoms with Gasteiger partial charge in [-0.15, -0.1) is 0 Å². The normalized spacial score (nSPS) is 20.6. The van der Waals surface area contributed by atoms with E-state index in [-0.39, 0.29) is 0 Å². The number of hydrogen-bond acceptors (Lipinski definition) is 3. The SMILES string of the molecule is CC[C]1([Sn]([N](C)C)([N](C)C)[N](C)C)CCC1. The molecule has 1 aliphatic rings. The summed E-state index contributed by atoms with van der Waals surface area (Å²) in [6, 6.07) is 0. The Balaban J connectivity index is 3.20. The number of nitrogens with zero attached hydrogens (tertiary/aromatic N) is 3. The molecule has 0 aromatic heterocycles. The van der Waals surface area contributed by atoms with Crippen LogP contribution in [0.3, 0.4) is 0 Å². The first kappa shape index (κ1) is 14.7. The zero-order valence-corrected chi connectivity index (χ0v) is 15.0. The molecule has 0 N–H and O–H groups in total. The van der Waals surface area contributed by atoms with Gasteiger partial charge in [0.05, 0.1) is 0 Å². The molecule has 0 aromatic rings. The van der Waals surface area contributed by atoms with Crippen molar-refractivity contribution in [3.05, 3.63) is 0 Å². The molecule has 1 rings (SSSR count). The van der Waals surface area contributed by atoms with E-state index in [4.69, 9.17) is 0 Å². The molecule has 0 unspecified atom stereocenters. The van der Waals surface area contributed by atoms with Gasteiger partial charge in [0.25, 0.3) is 0 Å². The molecule has 0 radical (unpaired) electrons. The van der Waals surface area contributed by atoms with Gasteiger partial charge >= 0.3 is 107 Å². The minimum absolute atomic E-state index is 0.630. The van der Waals surface area contributed by atoms with E-state index in [1.807, 2.05) is 0 Å². The molecule has 0 atom stereocenters. The molecular weight excluding hydrogens is 305 g/mol. The van der Waals surface area contributed by atoms with Crippen LogP contribution >= 0.6 is 0 Å². The van der Waals surface area contributed by atoms with Gasteiger partial charge < -0.3 is 0 Å². The molecule has 0 saturated heterocycles. The average Bonchev–Trinajstić information content (AvgIpc) is 2.08. The standard InChI is InChI=1S/C6H11.3C2H6N.Sn/c1-2-6-4-3-5-6;3*1-3-2;/h2-5H2,1H3;3*1-2H3;/q;3*-1;+3. The summed E-state index contributed by atoms with van der Waals surface area (Å²) in [4.78, 5) is 0. The molecule has 0 bridgehead atoms. The summed E-state index contributed by atoms with van der Waals surface area (Å²) in [7, 11) is 13.8. The minimum atomic E-state index is -2.58. The Hall–Kier alpha value is 0.679. The monoisotopic (exact) mass is 335 g/mol. The van der Waals surface area contributed by atoms with Crippen LogP contribution < -0.4 is 0 Å². The van der Waals surface area contributed by atoms with E-state index in [9.17, 15) is 0 Å². The molecule has 1 fully saturated rings. The third-order valence-corrected chi connectivity index (χ3v) is 21.7. The van der Waals surface area contributed by atoms with E-state index >= 15 is 0 Å². The van der Waals surface area contributed by atoms with Crippen LogP contribution in [0.4, 0.5) is 0 Å². The van der Waals surface area contributed by atoms with Crippen molar-refractivity contribution in [1.82, 2.24) is 9.36 Å². The van der Waals surface area contributed by atoms with Crippen LogP contribution in [0.2, 0.25) is 3.43 Å². The molecular formula is C12H29N3Sn. The van der Waals surface area contributed by atoms with E-state index in [0.717, 1.165) is 0 Å². The van der Waals surface area contributed by atoms with Gasteiger partial charge in [-0.1, -0.05) is 0 Å². The van der Waals surface area contributed by atoms with Crippen molar-refractivity contribution in [2.45, 2.75) is 36.0 Å². The summed E-state index contributed by atoms with van der Waals surface area (Å²) in [5.74, 6) is 0. The molecule has 0 aromatic carbocycles. The summed E-state index contributed by atoms with van der Waals surface area (Å²) in [5.41, 5.74) is 0. The second-order valence-corrected chi connectivity index (χ2v) is 20.1. The summed E-state index contributed by atoms with van der Waals surface area (Å²) in [6.45, 7) is 2.39. The summed E-state index contributed by atoms with van der Waals surface area (Å²) >= 11 is -2.58. The Kier molecular flexibility index (Phi) is 4.72. The van der Waals surface area contributed by atoms with E-state index in [1.54, 1.807) is 0 Å². The van der Waals surface area contributed by atoms with Gasteiger partial charge in [-0.05, 0) is 0 Å². The fourth-order valence-corrected chi connectivity index (χ4v) is 23.4. The fourth-order valence-electron chi connectivity index (χ4n) is 4.15. The van der Waals surface area contributed by atoms with Gasteiger partial charge in [0, 0.05) is 0 Å². The molecule has 3 nitrogen and oxygen atoms in total. The maximum atomic E-state index is 2.59. The molecule has 4 heteroatoms. The molecule has 0 heterocycles. The Bertz CT molecular complexity index is 207. The molecule has 0 amide bonds. The first-order valence-corrected chi connectivity index (χ1v) is 11.6. The van der Waals surface area contributed by atoms with Crippen LogP contribution in [0.15, 0.2) is 0 Å². The molecule has 16 heavy (non-hydrogen) atoms. The van der Waals surface area contributed by atoms with Crippen LogP contribution in [-0.2, 0) is 0 Å². The predicted octanol–water partition coefficient (Wildman–Crippen LogP) is 1.94. The predicted molar refractivity (Wildman–Crippen MR) is 73.7 cm³/mol. The summed E-state index contributed by atoms with van der Waals surface area (Å²) in [6.07, 6.45) is 5.65. The van der Waals surface area contributed by atoms with Gasteiger partial charge in [-0.25, -0.2) is 0 Å². The van der Waals surface area contributed by atoms with Crippen molar-refractivity contribution in [2.24, 2.45) is 0 Å². The number of hydrogen-bond donors (Lipinski definition) is 0.